The predicted molar refractivity (Wildman–Crippen MR) is 79.7 cm³/mol. The molecule has 2 heterocycles. The van der Waals surface area contributed by atoms with Crippen LogP contribution in [0.25, 0.3) is 10.9 Å². The Labute approximate surface area is 118 Å². The van der Waals surface area contributed by atoms with Crippen LogP contribution < -0.4 is 5.73 Å². The number of hydrogen-bond donors (Lipinski definition) is 2. The Hall–Kier alpha value is -1.65. The smallest absolute Gasteiger partial charge is 0.179 e. The van der Waals surface area contributed by atoms with Gasteiger partial charge in [0.2, 0.25) is 0 Å². The lowest BCUT2D eigenvalue weighted by Gasteiger charge is -2.17. The first kappa shape index (κ1) is 13.3. The van der Waals surface area contributed by atoms with Crippen LogP contribution in [-0.4, -0.2) is 41.3 Å². The first-order chi connectivity index (χ1) is 9.74. The van der Waals surface area contributed by atoms with E-state index in [-0.39, 0.29) is 5.78 Å². The van der Waals surface area contributed by atoms with E-state index >= 15 is 0 Å². The van der Waals surface area contributed by atoms with Crippen LogP contribution in [0.3, 0.4) is 0 Å². The maximum atomic E-state index is 12.3. The first-order valence-electron chi connectivity index (χ1n) is 7.25. The Morgan fingerprint density at radius 2 is 2.20 bits per heavy atom. The average molecular weight is 270 g/mol. The lowest BCUT2D eigenvalue weighted by atomic mass is 10.0. The topological polar surface area (TPSA) is 62.1 Å². The number of hydrogen-bond acceptors (Lipinski definition) is 3. The second-order valence-corrected chi connectivity index (χ2v) is 5.50. The molecule has 1 atom stereocenters. The van der Waals surface area contributed by atoms with Crippen molar-refractivity contribution in [2.24, 2.45) is 5.73 Å². The van der Waals surface area contributed by atoms with Crippen LogP contribution in [-0.2, 0) is 0 Å². The molecule has 1 fully saturated rings. The molecule has 20 heavy (non-hydrogen) atoms. The zero-order valence-corrected chi connectivity index (χ0v) is 11.6. The fourth-order valence-electron chi connectivity index (χ4n) is 2.81. The van der Waals surface area contributed by atoms with Crippen molar-refractivity contribution in [3.05, 3.63) is 36.0 Å². The Kier molecular flexibility index (Phi) is 3.85. The zero-order chi connectivity index (χ0) is 13.9. The number of rotatable bonds is 5. The maximum Gasteiger partial charge on any atom is 0.179 e. The molecule has 4 nitrogen and oxygen atoms in total. The summed E-state index contributed by atoms with van der Waals surface area (Å²) < 4.78 is 0. The van der Waals surface area contributed by atoms with E-state index in [4.69, 9.17) is 5.73 Å². The Balaban J connectivity index is 1.64. The van der Waals surface area contributed by atoms with Crippen LogP contribution in [0.2, 0.25) is 0 Å². The number of ketones is 1. The molecule has 0 amide bonds. The molecule has 4 heteroatoms. The van der Waals surface area contributed by atoms with Gasteiger partial charge >= 0.3 is 0 Å². The summed E-state index contributed by atoms with van der Waals surface area (Å²) in [5, 5.41) is 0.993. The molecule has 1 aromatic heterocycles. The normalized spacial score (nSPS) is 17.6. The van der Waals surface area contributed by atoms with Crippen LogP contribution >= 0.6 is 0 Å². The molecule has 1 aromatic carbocycles. The highest BCUT2D eigenvalue weighted by molar-refractivity contribution is 6.02. The van der Waals surface area contributed by atoms with E-state index in [0.29, 0.717) is 5.56 Å². The van der Waals surface area contributed by atoms with E-state index < -0.39 is 6.04 Å². The summed E-state index contributed by atoms with van der Waals surface area (Å²) in [6.45, 7) is 3.21. The fourth-order valence-corrected chi connectivity index (χ4v) is 2.81. The summed E-state index contributed by atoms with van der Waals surface area (Å²) >= 11 is 0. The van der Waals surface area contributed by atoms with Gasteiger partial charge in [-0.15, -0.1) is 0 Å². The molecule has 1 aliphatic rings. The van der Waals surface area contributed by atoms with Gasteiger partial charge < -0.3 is 15.6 Å². The second kappa shape index (κ2) is 5.77. The van der Waals surface area contributed by atoms with Crippen molar-refractivity contribution in [2.75, 3.05) is 19.6 Å². The number of fused-ring (bicyclic) bond motifs is 1. The molecule has 0 saturated carbocycles. The molecule has 1 unspecified atom stereocenters. The van der Waals surface area contributed by atoms with E-state index in [1.165, 1.54) is 12.8 Å². The van der Waals surface area contributed by atoms with Crippen LogP contribution in [0.4, 0.5) is 0 Å². The van der Waals surface area contributed by atoms with Crippen molar-refractivity contribution < 1.29 is 4.79 Å². The lowest BCUT2D eigenvalue weighted by molar-refractivity contribution is 0.0952. The minimum absolute atomic E-state index is 0.0284. The largest absolute Gasteiger partial charge is 0.361 e. The van der Waals surface area contributed by atoms with Crippen molar-refractivity contribution in [3.63, 3.8) is 0 Å². The number of H-pyrrole nitrogens is 1. The van der Waals surface area contributed by atoms with Crippen molar-refractivity contribution in [1.29, 1.82) is 0 Å². The highest BCUT2D eigenvalue weighted by atomic mass is 16.1. The number of likely N-dealkylation sites (tertiary alicyclic amines) is 1. The molecule has 0 bridgehead atoms. The average Bonchev–Trinajstić information content (AvgIpc) is 3.13. The van der Waals surface area contributed by atoms with Crippen molar-refractivity contribution in [2.45, 2.75) is 25.3 Å². The van der Waals surface area contributed by atoms with Crippen molar-refractivity contribution in [3.8, 4) is 0 Å². The Morgan fingerprint density at radius 1 is 1.40 bits per heavy atom. The number of nitrogens with two attached hydrogens (primary N) is 1. The number of carbonyl (C=O) groups is 1. The van der Waals surface area contributed by atoms with Gasteiger partial charge in [0.15, 0.2) is 5.78 Å². The van der Waals surface area contributed by atoms with Gasteiger partial charge in [-0.3, -0.25) is 4.79 Å². The molecule has 0 spiro atoms. The predicted octanol–water partition coefficient (Wildman–Crippen LogP) is 1.96. The van der Waals surface area contributed by atoms with Crippen LogP contribution in [0.1, 0.15) is 29.6 Å². The van der Waals surface area contributed by atoms with Gasteiger partial charge in [0, 0.05) is 35.3 Å². The van der Waals surface area contributed by atoms with E-state index in [0.717, 1.165) is 37.0 Å². The number of benzene rings is 1. The molecule has 1 radical (unpaired) electrons. The highest BCUT2D eigenvalue weighted by Gasteiger charge is 2.18. The minimum atomic E-state index is -0.410. The number of carbonyl (C=O) groups excluding carboxylic acids is 1. The van der Waals surface area contributed by atoms with Gasteiger partial charge in [-0.25, -0.2) is 0 Å². The maximum absolute atomic E-state index is 12.3. The monoisotopic (exact) mass is 270 g/mol. The van der Waals surface area contributed by atoms with Gasteiger partial charge in [-0.05, 0) is 38.4 Å². The number of Topliss-reactive ketones (excluding diaryl/α,β-unsaturated/α-hetero) is 1. The summed E-state index contributed by atoms with van der Waals surface area (Å²) in [7, 11) is 0. The molecule has 3 rings (SSSR count). The third kappa shape index (κ3) is 2.76. The van der Waals surface area contributed by atoms with E-state index in [1.807, 2.05) is 18.2 Å². The van der Waals surface area contributed by atoms with Gasteiger partial charge in [0.1, 0.15) is 0 Å². The number of aromatic nitrogens is 1. The summed E-state index contributed by atoms with van der Waals surface area (Å²) in [5.41, 5.74) is 7.67. The number of nitrogens with zero attached hydrogens (tertiary/aromatic N) is 1. The Morgan fingerprint density at radius 3 is 3.00 bits per heavy atom. The summed E-state index contributed by atoms with van der Waals surface area (Å²) in [6.07, 6.45) is 5.02. The van der Waals surface area contributed by atoms with Gasteiger partial charge in [-0.1, -0.05) is 12.1 Å². The number of aromatic amines is 1. The quantitative estimate of drug-likeness (QED) is 0.816. The molecule has 1 saturated heterocycles. The lowest BCUT2D eigenvalue weighted by Crippen LogP contribution is -2.35. The molecule has 3 N–H and O–H groups in total. The van der Waals surface area contributed by atoms with Gasteiger partial charge in [0.05, 0.1) is 6.04 Å². The van der Waals surface area contributed by atoms with Crippen molar-refractivity contribution in [1.82, 2.24) is 9.88 Å². The molecule has 1 aliphatic heterocycles. The molecule has 0 aliphatic carbocycles. The minimum Gasteiger partial charge on any atom is -0.361 e. The zero-order valence-electron chi connectivity index (χ0n) is 11.6. The third-order valence-electron chi connectivity index (χ3n) is 4.05. The Bertz CT molecular complexity index is 599. The highest BCUT2D eigenvalue weighted by Crippen LogP contribution is 2.16. The number of nitrogens with one attached hydrogen (secondary N) is 1. The molecular weight excluding hydrogens is 250 g/mol. The van der Waals surface area contributed by atoms with Crippen LogP contribution in [0.5, 0.6) is 0 Å². The molecule has 105 valence electrons. The van der Waals surface area contributed by atoms with Gasteiger partial charge in [-0.2, -0.15) is 0 Å². The fraction of sp³-hybridized carbons (Fsp3) is 0.438. The molecular formula is C16H20N3O. The summed E-state index contributed by atoms with van der Waals surface area (Å²) in [6, 6.07) is 8.27. The van der Waals surface area contributed by atoms with Gasteiger partial charge in [0.25, 0.3) is 0 Å². The summed E-state index contributed by atoms with van der Waals surface area (Å²) in [5.74, 6) is 0.0284. The SMILES string of the molecule is NC(CCN1CCCC1)C(=O)c1ccc2[c]c[nH]c2c1. The second-order valence-electron chi connectivity index (χ2n) is 5.50. The van der Waals surface area contributed by atoms with E-state index in [2.05, 4.69) is 16.0 Å². The van der Waals surface area contributed by atoms with Crippen LogP contribution in [0.15, 0.2) is 24.4 Å². The summed E-state index contributed by atoms with van der Waals surface area (Å²) in [4.78, 5) is 17.8. The van der Waals surface area contributed by atoms with E-state index in [1.54, 1.807) is 6.20 Å². The standard InChI is InChI=1S/C16H20N3O/c17-14(6-10-19-8-1-2-9-19)16(20)13-4-3-12-5-7-18-15(12)11-13/h3-4,7,11,14,18H,1-2,6,8-10,17H2. The van der Waals surface area contributed by atoms with E-state index in [9.17, 15) is 4.79 Å². The molecule has 2 aromatic rings. The van der Waals surface area contributed by atoms with Crippen molar-refractivity contribution >= 4 is 16.7 Å². The third-order valence-corrected chi connectivity index (χ3v) is 4.05. The van der Waals surface area contributed by atoms with Crippen LogP contribution in [0, 0.1) is 6.07 Å². The first-order valence-corrected chi connectivity index (χ1v) is 7.25.